The number of ether oxygens (including phenoxy) is 1. The van der Waals surface area contributed by atoms with Gasteiger partial charge in [-0.2, -0.15) is 0 Å². The van der Waals surface area contributed by atoms with Crippen molar-refractivity contribution in [3.8, 4) is 0 Å². The maximum Gasteiger partial charge on any atom is 0.164 e. The fraction of sp³-hybridized carbons (Fsp3) is 0.900. The Morgan fingerprint density at radius 2 is 2.08 bits per heavy atom. The Morgan fingerprint density at radius 1 is 1.46 bits per heavy atom. The summed E-state index contributed by atoms with van der Waals surface area (Å²) in [6.45, 7) is 5.75. The van der Waals surface area contributed by atoms with E-state index < -0.39 is 12.4 Å². The lowest BCUT2D eigenvalue weighted by Gasteiger charge is -2.30. The van der Waals surface area contributed by atoms with Crippen LogP contribution in [0.3, 0.4) is 0 Å². The molecule has 3 heteroatoms. The molecule has 0 aromatic carbocycles. The Hall–Kier alpha value is -0.410. The van der Waals surface area contributed by atoms with E-state index in [2.05, 4.69) is 0 Å². The fourth-order valence-electron chi connectivity index (χ4n) is 1.66. The van der Waals surface area contributed by atoms with Gasteiger partial charge in [0.15, 0.2) is 12.1 Å². The van der Waals surface area contributed by atoms with Gasteiger partial charge in [0.25, 0.3) is 0 Å². The van der Waals surface area contributed by atoms with Gasteiger partial charge in [0.2, 0.25) is 0 Å². The normalized spacial score (nSPS) is 35.0. The van der Waals surface area contributed by atoms with Gasteiger partial charge in [0.05, 0.1) is 0 Å². The predicted molar refractivity (Wildman–Crippen MR) is 49.1 cm³/mol. The highest BCUT2D eigenvalue weighted by atomic mass is 16.6. The van der Waals surface area contributed by atoms with Crippen LogP contribution in [0.15, 0.2) is 0 Å². The first-order valence-electron chi connectivity index (χ1n) is 4.88. The van der Waals surface area contributed by atoms with Crippen LogP contribution in [-0.4, -0.2) is 23.3 Å². The van der Waals surface area contributed by atoms with Crippen molar-refractivity contribution >= 4 is 5.78 Å². The van der Waals surface area contributed by atoms with Gasteiger partial charge in [-0.25, -0.2) is 0 Å². The van der Waals surface area contributed by atoms with Crippen LogP contribution in [0.5, 0.6) is 0 Å². The number of Topliss-reactive ketones (excluding diaryl/α,β-unsaturated/α-hetero) is 1. The van der Waals surface area contributed by atoms with Crippen LogP contribution in [0.4, 0.5) is 0 Å². The third kappa shape index (κ3) is 2.78. The molecule has 0 amide bonds. The molecule has 1 saturated heterocycles. The van der Waals surface area contributed by atoms with E-state index in [0.717, 1.165) is 6.42 Å². The Morgan fingerprint density at radius 3 is 2.54 bits per heavy atom. The first-order chi connectivity index (χ1) is 6.00. The van der Waals surface area contributed by atoms with Crippen LogP contribution in [-0.2, 0) is 9.53 Å². The molecule has 1 rings (SSSR count). The Kier molecular flexibility index (Phi) is 3.45. The Labute approximate surface area is 79.1 Å². The molecule has 1 fully saturated rings. The molecular weight excluding hydrogens is 168 g/mol. The van der Waals surface area contributed by atoms with Crippen LogP contribution < -0.4 is 0 Å². The van der Waals surface area contributed by atoms with Gasteiger partial charge < -0.3 is 9.84 Å². The van der Waals surface area contributed by atoms with E-state index in [1.54, 1.807) is 0 Å². The molecule has 0 unspecified atom stereocenters. The molecule has 0 aliphatic carbocycles. The minimum atomic E-state index is -0.753. The van der Waals surface area contributed by atoms with Crippen LogP contribution >= 0.6 is 0 Å². The smallest absolute Gasteiger partial charge is 0.164 e. The maximum atomic E-state index is 11.6. The van der Waals surface area contributed by atoms with Crippen molar-refractivity contribution in [2.75, 3.05) is 0 Å². The number of hydrogen-bond donors (Lipinski definition) is 1. The van der Waals surface area contributed by atoms with Crippen LogP contribution in [0.25, 0.3) is 0 Å². The zero-order valence-electron chi connectivity index (χ0n) is 8.49. The van der Waals surface area contributed by atoms with E-state index in [1.165, 1.54) is 0 Å². The molecule has 3 atom stereocenters. The first-order valence-corrected chi connectivity index (χ1v) is 4.88. The summed E-state index contributed by atoms with van der Waals surface area (Å²) in [6, 6.07) is 0. The minimum absolute atomic E-state index is 0.0116. The maximum absolute atomic E-state index is 11.6. The number of carbonyl (C=O) groups excluding carboxylic acids is 1. The highest BCUT2D eigenvalue weighted by molar-refractivity contribution is 5.84. The molecule has 13 heavy (non-hydrogen) atoms. The number of hydrogen-bond acceptors (Lipinski definition) is 3. The van der Waals surface area contributed by atoms with Gasteiger partial charge in [0, 0.05) is 12.3 Å². The Balaban J connectivity index is 2.55. The van der Waals surface area contributed by atoms with Crippen LogP contribution in [0.1, 0.15) is 33.6 Å². The minimum Gasteiger partial charge on any atom is -0.368 e. The average Bonchev–Trinajstić information content (AvgIpc) is 2.01. The zero-order chi connectivity index (χ0) is 10.0. The van der Waals surface area contributed by atoms with Gasteiger partial charge >= 0.3 is 0 Å². The highest BCUT2D eigenvalue weighted by Crippen LogP contribution is 2.25. The van der Waals surface area contributed by atoms with Crippen molar-refractivity contribution in [2.45, 2.75) is 46.0 Å². The second-order valence-corrected chi connectivity index (χ2v) is 4.21. The van der Waals surface area contributed by atoms with Crippen molar-refractivity contribution < 1.29 is 14.6 Å². The molecule has 1 N–H and O–H groups in total. The highest BCUT2D eigenvalue weighted by Gasteiger charge is 2.31. The standard InChI is InChI=1S/C10H18O3/c1-6(2)10(12)8-4-7(3)5-9(11)13-8/h6-9,11H,4-5H2,1-3H3/t7-,8+,9-/m0/s1. The van der Waals surface area contributed by atoms with Crippen molar-refractivity contribution in [2.24, 2.45) is 11.8 Å². The second-order valence-electron chi connectivity index (χ2n) is 4.21. The third-order valence-electron chi connectivity index (χ3n) is 2.43. The van der Waals surface area contributed by atoms with E-state index >= 15 is 0 Å². The summed E-state index contributed by atoms with van der Waals surface area (Å²) in [6.07, 6.45) is 0.242. The summed E-state index contributed by atoms with van der Waals surface area (Å²) >= 11 is 0. The summed E-state index contributed by atoms with van der Waals surface area (Å²) in [7, 11) is 0. The molecule has 3 nitrogen and oxygen atoms in total. The molecule has 0 bridgehead atoms. The van der Waals surface area contributed by atoms with Gasteiger partial charge in [-0.3, -0.25) is 4.79 Å². The Bertz CT molecular complexity index is 179. The van der Waals surface area contributed by atoms with E-state index in [9.17, 15) is 9.90 Å². The second kappa shape index (κ2) is 4.20. The molecule has 0 radical (unpaired) electrons. The molecule has 0 spiro atoms. The summed E-state index contributed by atoms with van der Waals surface area (Å²) < 4.78 is 5.19. The molecule has 1 aliphatic rings. The van der Waals surface area contributed by atoms with Gasteiger partial charge in [0.1, 0.15) is 6.10 Å². The van der Waals surface area contributed by atoms with Crippen molar-refractivity contribution in [3.05, 3.63) is 0 Å². The topological polar surface area (TPSA) is 46.5 Å². The number of carbonyl (C=O) groups is 1. The third-order valence-corrected chi connectivity index (χ3v) is 2.43. The first kappa shape index (κ1) is 10.7. The summed E-state index contributed by atoms with van der Waals surface area (Å²) in [5, 5.41) is 9.31. The molecule has 76 valence electrons. The van der Waals surface area contributed by atoms with E-state index in [-0.39, 0.29) is 11.7 Å². The predicted octanol–water partition coefficient (Wildman–Crippen LogP) is 1.34. The van der Waals surface area contributed by atoms with E-state index in [4.69, 9.17) is 4.74 Å². The lowest BCUT2D eigenvalue weighted by molar-refractivity contribution is -0.184. The van der Waals surface area contributed by atoms with Crippen LogP contribution in [0, 0.1) is 11.8 Å². The molecule has 0 saturated carbocycles. The number of ketones is 1. The molecule has 1 aliphatic heterocycles. The van der Waals surface area contributed by atoms with E-state index in [0.29, 0.717) is 12.3 Å². The van der Waals surface area contributed by atoms with Gasteiger partial charge in [-0.1, -0.05) is 20.8 Å². The number of rotatable bonds is 2. The summed E-state index contributed by atoms with van der Waals surface area (Å²) in [5.74, 6) is 0.463. The van der Waals surface area contributed by atoms with E-state index in [1.807, 2.05) is 20.8 Å². The summed E-state index contributed by atoms with van der Waals surface area (Å²) in [4.78, 5) is 11.6. The molecule has 0 aromatic heterocycles. The monoisotopic (exact) mass is 186 g/mol. The molecular formula is C10H18O3. The largest absolute Gasteiger partial charge is 0.368 e. The van der Waals surface area contributed by atoms with Crippen LogP contribution in [0.2, 0.25) is 0 Å². The molecule has 1 heterocycles. The van der Waals surface area contributed by atoms with Crippen molar-refractivity contribution in [3.63, 3.8) is 0 Å². The lowest BCUT2D eigenvalue weighted by atomic mass is 9.91. The number of aliphatic hydroxyl groups is 1. The average molecular weight is 186 g/mol. The SMILES string of the molecule is CC(C)C(=O)[C@H]1C[C@H](C)C[C@@H](O)O1. The fourth-order valence-corrected chi connectivity index (χ4v) is 1.66. The van der Waals surface area contributed by atoms with Crippen molar-refractivity contribution in [1.29, 1.82) is 0 Å². The van der Waals surface area contributed by atoms with Gasteiger partial charge in [-0.05, 0) is 12.3 Å². The number of aliphatic hydroxyl groups excluding tert-OH is 1. The quantitative estimate of drug-likeness (QED) is 0.708. The van der Waals surface area contributed by atoms with Gasteiger partial charge in [-0.15, -0.1) is 0 Å². The lowest BCUT2D eigenvalue weighted by Crippen LogP contribution is -2.38. The van der Waals surface area contributed by atoms with Crippen molar-refractivity contribution in [1.82, 2.24) is 0 Å². The zero-order valence-corrected chi connectivity index (χ0v) is 8.49. The molecule has 0 aromatic rings. The summed E-state index contributed by atoms with van der Waals surface area (Å²) in [5.41, 5.74) is 0.